The molecule has 5 heteroatoms. The number of aliphatic hydroxyl groups excluding tert-OH is 1. The normalized spacial score (nSPS) is 11.8. The Kier molecular flexibility index (Phi) is 36.4. The number of aromatic nitrogens is 2. The molecule has 1 atom stereocenters. The molecule has 47 heavy (non-hydrogen) atoms. The van der Waals surface area contributed by atoms with Gasteiger partial charge in [0.2, 0.25) is 6.33 Å². The number of carbonyl (C=O) groups is 1. The van der Waals surface area contributed by atoms with E-state index < -0.39 is 12.1 Å². The second-order valence-corrected chi connectivity index (χ2v) is 14.5. The van der Waals surface area contributed by atoms with Crippen LogP contribution in [-0.2, 0) is 17.9 Å². The van der Waals surface area contributed by atoms with Gasteiger partial charge in [-0.1, -0.05) is 194 Å². The number of carboxylic acid groups (broad SMARTS) is 1. The largest absolute Gasteiger partial charge is 0.547 e. The van der Waals surface area contributed by atoms with Crippen molar-refractivity contribution in [1.29, 1.82) is 0 Å². The number of hydrogen-bond donors (Lipinski definition) is 1. The summed E-state index contributed by atoms with van der Waals surface area (Å²) in [6, 6.07) is 0. The second-order valence-electron chi connectivity index (χ2n) is 14.5. The number of aryl methyl sites for hydroxylation is 2. The number of aliphatic hydroxyl groups is 1. The molecule has 1 aromatic heterocycles. The lowest BCUT2D eigenvalue weighted by Crippen LogP contribution is -2.32. The topological polar surface area (TPSA) is 69.2 Å². The molecule has 0 fully saturated rings. The highest BCUT2D eigenvalue weighted by molar-refractivity contribution is 5.68. The van der Waals surface area contributed by atoms with Crippen molar-refractivity contribution in [2.24, 2.45) is 0 Å². The summed E-state index contributed by atoms with van der Waals surface area (Å²) in [5.74, 6) is -1.44. The summed E-state index contributed by atoms with van der Waals surface area (Å²) in [7, 11) is 0. The van der Waals surface area contributed by atoms with Crippen LogP contribution in [-0.4, -0.2) is 21.7 Å². The van der Waals surface area contributed by atoms with Gasteiger partial charge in [0.1, 0.15) is 12.4 Å². The third-order valence-corrected chi connectivity index (χ3v) is 9.63. The fraction of sp³-hybridized carbons (Fsp3) is 0.905. The van der Waals surface area contributed by atoms with E-state index in [0.29, 0.717) is 0 Å². The quantitative estimate of drug-likeness (QED) is 0.0581. The van der Waals surface area contributed by atoms with Gasteiger partial charge in [0.15, 0.2) is 0 Å². The molecule has 0 radical (unpaired) electrons. The van der Waals surface area contributed by atoms with Crippen LogP contribution >= 0.6 is 0 Å². The Morgan fingerprint density at radius 2 is 0.830 bits per heavy atom. The zero-order valence-corrected chi connectivity index (χ0v) is 32.0. The average molecular weight is 663 g/mol. The van der Waals surface area contributed by atoms with Crippen LogP contribution in [0.4, 0.5) is 0 Å². The van der Waals surface area contributed by atoms with Gasteiger partial charge in [0, 0.05) is 0 Å². The Balaban J connectivity index is 0.00000320. The average Bonchev–Trinajstić information content (AvgIpc) is 3.52. The van der Waals surface area contributed by atoms with Gasteiger partial charge in [0.25, 0.3) is 0 Å². The van der Waals surface area contributed by atoms with E-state index in [1.807, 2.05) is 0 Å². The van der Waals surface area contributed by atoms with Crippen molar-refractivity contribution in [2.45, 2.75) is 245 Å². The molecule has 1 unspecified atom stereocenters. The number of unbranched alkanes of at least 4 members (excludes halogenated alkanes) is 30. The number of nitrogens with zero attached hydrogens (tertiary/aromatic N) is 2. The summed E-state index contributed by atoms with van der Waals surface area (Å²) in [5, 5.41) is 17.3. The highest BCUT2D eigenvalue weighted by atomic mass is 16.4. The monoisotopic (exact) mass is 663 g/mol. The van der Waals surface area contributed by atoms with Crippen molar-refractivity contribution in [3.05, 3.63) is 18.7 Å². The Labute approximate surface area is 293 Å². The smallest absolute Gasteiger partial charge is 0.243 e. The van der Waals surface area contributed by atoms with Crippen molar-refractivity contribution < 1.29 is 19.6 Å². The number of imidazole rings is 1. The molecule has 278 valence electrons. The second kappa shape index (κ2) is 37.5. The van der Waals surface area contributed by atoms with Gasteiger partial charge in [-0.25, -0.2) is 9.13 Å². The highest BCUT2D eigenvalue weighted by Gasteiger charge is 2.04. The number of aliphatic carboxylic acids is 1. The van der Waals surface area contributed by atoms with Gasteiger partial charge in [-0.05, 0) is 32.6 Å². The van der Waals surface area contributed by atoms with Crippen molar-refractivity contribution in [3.63, 3.8) is 0 Å². The molecule has 1 heterocycles. The third kappa shape index (κ3) is 35.8. The Morgan fingerprint density at radius 3 is 1.13 bits per heavy atom. The van der Waals surface area contributed by atoms with Crippen molar-refractivity contribution in [3.8, 4) is 0 Å². The highest BCUT2D eigenvalue weighted by Crippen LogP contribution is 2.15. The van der Waals surface area contributed by atoms with E-state index in [2.05, 4.69) is 41.7 Å². The van der Waals surface area contributed by atoms with E-state index in [-0.39, 0.29) is 0 Å². The molecule has 0 saturated carbocycles. The van der Waals surface area contributed by atoms with Crippen LogP contribution in [0.5, 0.6) is 0 Å². The summed E-state index contributed by atoms with van der Waals surface area (Å²) >= 11 is 0. The standard InChI is InChI=1S/C39H77N2.C3H6O3/c1-3-5-7-9-11-13-15-17-19-21-23-25-27-29-31-33-35-40-37-38-41(39-40)36-34-32-30-28-26-24-22-20-18-16-14-12-10-8-6-4-2;1-2(4)3(5)6/h37-39H,3-36H2,1-2H3;2,4H,1H3,(H,5,6)/q+1;/p-1. The minimum atomic E-state index is -1.44. The molecule has 1 aromatic rings. The first-order valence-corrected chi connectivity index (χ1v) is 20.9. The summed E-state index contributed by atoms with van der Waals surface area (Å²) in [4.78, 5) is 9.34. The molecule has 0 aliphatic carbocycles. The first-order chi connectivity index (χ1) is 23.0. The molecule has 0 aromatic carbocycles. The Morgan fingerprint density at radius 1 is 0.553 bits per heavy atom. The third-order valence-electron chi connectivity index (χ3n) is 9.63. The Bertz CT molecular complexity index is 697. The number of rotatable bonds is 35. The van der Waals surface area contributed by atoms with Crippen LogP contribution in [0, 0.1) is 0 Å². The molecule has 0 aliphatic rings. The molecule has 0 spiro atoms. The van der Waals surface area contributed by atoms with Crippen molar-refractivity contribution in [2.75, 3.05) is 0 Å². The minimum absolute atomic E-state index is 1.13. The van der Waals surface area contributed by atoms with Gasteiger partial charge in [-0.2, -0.15) is 0 Å². The van der Waals surface area contributed by atoms with Crippen LogP contribution in [0.3, 0.4) is 0 Å². The van der Waals surface area contributed by atoms with Crippen LogP contribution in [0.25, 0.3) is 0 Å². The van der Waals surface area contributed by atoms with E-state index in [1.54, 1.807) is 0 Å². The molecular weight excluding hydrogens is 580 g/mol. The number of carbonyl (C=O) groups excluding carboxylic acids is 1. The van der Waals surface area contributed by atoms with Gasteiger partial charge in [-0.15, -0.1) is 0 Å². The van der Waals surface area contributed by atoms with Crippen LogP contribution in [0.1, 0.15) is 226 Å². The summed E-state index contributed by atoms with van der Waals surface area (Å²) in [6.07, 6.45) is 51.8. The van der Waals surface area contributed by atoms with Crippen molar-refractivity contribution in [1.82, 2.24) is 4.57 Å². The SMILES string of the molecule is CC(O)C(=O)[O-].CCCCCCCCCCCCCCCCCCn1cc[n+](CCCCCCCCCCCCCCCCCC)c1. The van der Waals surface area contributed by atoms with Crippen LogP contribution in [0.15, 0.2) is 18.7 Å². The van der Waals surface area contributed by atoms with Crippen molar-refractivity contribution >= 4 is 5.97 Å². The van der Waals surface area contributed by atoms with E-state index >= 15 is 0 Å². The molecule has 0 amide bonds. The predicted molar refractivity (Wildman–Crippen MR) is 200 cm³/mol. The van der Waals surface area contributed by atoms with Gasteiger partial charge >= 0.3 is 0 Å². The molecule has 5 nitrogen and oxygen atoms in total. The summed E-state index contributed by atoms with van der Waals surface area (Å²) < 4.78 is 4.83. The number of hydrogen-bond acceptors (Lipinski definition) is 3. The van der Waals surface area contributed by atoms with Gasteiger partial charge in [-0.3, -0.25) is 0 Å². The molecule has 1 rings (SSSR count). The maximum absolute atomic E-state index is 9.34. The van der Waals surface area contributed by atoms with E-state index in [1.165, 1.54) is 219 Å². The van der Waals surface area contributed by atoms with Gasteiger partial charge < -0.3 is 15.0 Å². The fourth-order valence-corrected chi connectivity index (χ4v) is 6.39. The van der Waals surface area contributed by atoms with Gasteiger partial charge in [0.05, 0.1) is 25.2 Å². The fourth-order valence-electron chi connectivity index (χ4n) is 6.39. The predicted octanol–water partition coefficient (Wildman–Crippen LogP) is 11.4. The summed E-state index contributed by atoms with van der Waals surface area (Å²) in [6.45, 7) is 8.14. The lowest BCUT2D eigenvalue weighted by Gasteiger charge is -2.03. The van der Waals surface area contributed by atoms with Crippen LogP contribution < -0.4 is 9.67 Å². The lowest BCUT2D eigenvalue weighted by atomic mass is 10.0. The summed E-state index contributed by atoms with van der Waals surface area (Å²) in [5.41, 5.74) is 0. The molecule has 0 bridgehead atoms. The lowest BCUT2D eigenvalue weighted by molar-refractivity contribution is -0.696. The molecule has 0 aliphatic heterocycles. The Hall–Kier alpha value is -1.36. The molecule has 0 saturated heterocycles. The molecule has 1 N–H and O–H groups in total. The van der Waals surface area contributed by atoms with E-state index in [9.17, 15) is 9.90 Å². The number of carboxylic acids is 1. The maximum Gasteiger partial charge on any atom is 0.243 e. The van der Waals surface area contributed by atoms with E-state index in [4.69, 9.17) is 5.11 Å². The first kappa shape index (κ1) is 45.6. The maximum atomic E-state index is 9.34. The zero-order valence-electron chi connectivity index (χ0n) is 32.0. The zero-order chi connectivity index (χ0) is 34.5. The van der Waals surface area contributed by atoms with Crippen LogP contribution in [0.2, 0.25) is 0 Å². The minimum Gasteiger partial charge on any atom is -0.547 e. The molecular formula is C42H82N2O3. The first-order valence-electron chi connectivity index (χ1n) is 20.9. The van der Waals surface area contributed by atoms with E-state index in [0.717, 1.165) is 6.92 Å².